The highest BCUT2D eigenvalue weighted by molar-refractivity contribution is 5.78. The van der Waals surface area contributed by atoms with Crippen LogP contribution in [-0.4, -0.2) is 48.5 Å². The maximum absolute atomic E-state index is 12.3. The smallest absolute Gasteiger partial charge is 0.310 e. The summed E-state index contributed by atoms with van der Waals surface area (Å²) in [5.41, 5.74) is -0.114. The summed E-state index contributed by atoms with van der Waals surface area (Å²) in [6.45, 7) is 3.40. The molecule has 1 N–H and O–H groups in total. The number of rotatable bonds is 4. The van der Waals surface area contributed by atoms with Crippen molar-refractivity contribution >= 4 is 11.6 Å². The van der Waals surface area contributed by atoms with Gasteiger partial charge in [0.1, 0.15) is 0 Å². The maximum atomic E-state index is 12.3. The number of carbonyl (C=O) groups is 1. The molecule has 2 saturated heterocycles. The molecule has 0 aromatic heterocycles. The van der Waals surface area contributed by atoms with Crippen LogP contribution in [0.1, 0.15) is 12.8 Å². The highest BCUT2D eigenvalue weighted by Crippen LogP contribution is 2.28. The van der Waals surface area contributed by atoms with Gasteiger partial charge in [0.15, 0.2) is 12.4 Å². The first-order valence-corrected chi connectivity index (χ1v) is 8.00. The summed E-state index contributed by atoms with van der Waals surface area (Å²) >= 11 is 0. The molecule has 23 heavy (non-hydrogen) atoms. The fourth-order valence-electron chi connectivity index (χ4n) is 3.43. The minimum Gasteiger partial charge on any atom is -0.477 e. The van der Waals surface area contributed by atoms with Gasteiger partial charge < -0.3 is 15.0 Å². The van der Waals surface area contributed by atoms with E-state index in [0.29, 0.717) is 11.8 Å². The Bertz CT molecular complexity index is 578. The van der Waals surface area contributed by atoms with Gasteiger partial charge in [-0.2, -0.15) is 0 Å². The number of ether oxygens (including phenoxy) is 1. The Labute approximate surface area is 134 Å². The number of carbonyl (C=O) groups excluding carboxylic acids is 1. The molecule has 1 aromatic rings. The molecule has 2 fully saturated rings. The van der Waals surface area contributed by atoms with Gasteiger partial charge in [0.05, 0.1) is 4.92 Å². The molecule has 7 heteroatoms. The quantitative estimate of drug-likeness (QED) is 0.670. The van der Waals surface area contributed by atoms with Crippen molar-refractivity contribution in [2.24, 2.45) is 11.8 Å². The van der Waals surface area contributed by atoms with E-state index in [2.05, 4.69) is 5.32 Å². The first kappa shape index (κ1) is 15.7. The Hall–Kier alpha value is -2.15. The van der Waals surface area contributed by atoms with Crippen molar-refractivity contribution in [2.75, 3.05) is 32.8 Å². The monoisotopic (exact) mass is 319 g/mol. The third-order valence-corrected chi connectivity index (χ3v) is 4.79. The zero-order chi connectivity index (χ0) is 16.2. The molecule has 0 unspecified atom stereocenters. The van der Waals surface area contributed by atoms with Crippen molar-refractivity contribution in [2.45, 2.75) is 12.8 Å². The molecule has 1 amide bonds. The molecule has 2 atom stereocenters. The van der Waals surface area contributed by atoms with Crippen LogP contribution in [0, 0.1) is 22.0 Å². The number of hydrogen-bond donors (Lipinski definition) is 1. The standard InChI is InChI=1S/C16H21N3O4/c20-16(11-23-15-4-2-1-3-14(15)19(21)22)18-7-5-12-9-17-10-13(12)6-8-18/h1-4,12-13,17H,5-11H2/t12-,13+. The number of likely N-dealkylation sites (tertiary alicyclic amines) is 1. The number of nitrogens with zero attached hydrogens (tertiary/aromatic N) is 2. The Morgan fingerprint density at radius 2 is 1.91 bits per heavy atom. The predicted molar refractivity (Wildman–Crippen MR) is 84.3 cm³/mol. The van der Waals surface area contributed by atoms with Crippen molar-refractivity contribution in [1.82, 2.24) is 10.2 Å². The van der Waals surface area contributed by atoms with Crippen LogP contribution < -0.4 is 10.1 Å². The number of nitrogens with one attached hydrogen (secondary N) is 1. The second-order valence-corrected chi connectivity index (χ2v) is 6.15. The van der Waals surface area contributed by atoms with Crippen LogP contribution >= 0.6 is 0 Å². The van der Waals surface area contributed by atoms with Gasteiger partial charge in [0.2, 0.25) is 0 Å². The van der Waals surface area contributed by atoms with Crippen LogP contribution in [0.2, 0.25) is 0 Å². The Kier molecular flexibility index (Phi) is 4.76. The molecular weight excluding hydrogens is 298 g/mol. The third kappa shape index (κ3) is 3.61. The molecule has 0 spiro atoms. The Morgan fingerprint density at radius 3 is 2.57 bits per heavy atom. The van der Waals surface area contributed by atoms with E-state index in [9.17, 15) is 14.9 Å². The Balaban J connectivity index is 1.56. The van der Waals surface area contributed by atoms with Crippen LogP contribution in [0.4, 0.5) is 5.69 Å². The van der Waals surface area contributed by atoms with Gasteiger partial charge in [-0.05, 0) is 43.8 Å². The van der Waals surface area contributed by atoms with Crippen molar-refractivity contribution in [3.63, 3.8) is 0 Å². The summed E-state index contributed by atoms with van der Waals surface area (Å²) in [4.78, 5) is 24.6. The molecule has 1 aromatic carbocycles. The first-order chi connectivity index (χ1) is 11.1. The third-order valence-electron chi connectivity index (χ3n) is 4.79. The number of amides is 1. The predicted octanol–water partition coefficient (Wildman–Crippen LogP) is 1.43. The second kappa shape index (κ2) is 6.95. The van der Waals surface area contributed by atoms with Gasteiger partial charge in [0.25, 0.3) is 5.91 Å². The van der Waals surface area contributed by atoms with Gasteiger partial charge in [-0.15, -0.1) is 0 Å². The first-order valence-electron chi connectivity index (χ1n) is 8.00. The van der Waals surface area contributed by atoms with Gasteiger partial charge in [-0.1, -0.05) is 12.1 Å². The second-order valence-electron chi connectivity index (χ2n) is 6.15. The van der Waals surface area contributed by atoms with Gasteiger partial charge in [-0.25, -0.2) is 0 Å². The zero-order valence-electron chi connectivity index (χ0n) is 12.9. The van der Waals surface area contributed by atoms with Crippen molar-refractivity contribution in [3.8, 4) is 5.75 Å². The van der Waals surface area contributed by atoms with Crippen molar-refractivity contribution in [1.29, 1.82) is 0 Å². The van der Waals surface area contributed by atoms with Crippen LogP contribution in [0.15, 0.2) is 24.3 Å². The van der Waals surface area contributed by atoms with E-state index in [1.54, 1.807) is 12.1 Å². The van der Waals surface area contributed by atoms with E-state index in [0.717, 1.165) is 39.0 Å². The minimum absolute atomic E-state index is 0.101. The molecule has 0 saturated carbocycles. The molecule has 0 bridgehead atoms. The van der Waals surface area contributed by atoms with E-state index < -0.39 is 4.92 Å². The average Bonchev–Trinajstić information content (AvgIpc) is 2.91. The lowest BCUT2D eigenvalue weighted by Gasteiger charge is -2.21. The highest BCUT2D eigenvalue weighted by atomic mass is 16.6. The molecule has 0 radical (unpaired) electrons. The number of fused-ring (bicyclic) bond motifs is 1. The summed E-state index contributed by atoms with van der Waals surface area (Å²) < 4.78 is 5.40. The van der Waals surface area contributed by atoms with Crippen LogP contribution in [0.25, 0.3) is 0 Å². The number of para-hydroxylation sites is 2. The SMILES string of the molecule is O=C(COc1ccccc1[N+](=O)[O-])N1CC[C@@H]2CNC[C@@H]2CC1. The molecule has 2 heterocycles. The van der Waals surface area contributed by atoms with Gasteiger partial charge in [-0.3, -0.25) is 14.9 Å². The zero-order valence-corrected chi connectivity index (χ0v) is 12.9. The highest BCUT2D eigenvalue weighted by Gasteiger charge is 2.31. The number of nitro groups is 1. The molecular formula is C16H21N3O4. The van der Waals surface area contributed by atoms with Crippen molar-refractivity contribution < 1.29 is 14.5 Å². The Morgan fingerprint density at radius 1 is 1.26 bits per heavy atom. The maximum Gasteiger partial charge on any atom is 0.310 e. The normalized spacial score (nSPS) is 23.9. The molecule has 3 rings (SSSR count). The van der Waals surface area contributed by atoms with Crippen LogP contribution in [-0.2, 0) is 4.79 Å². The fourth-order valence-corrected chi connectivity index (χ4v) is 3.43. The summed E-state index contributed by atoms with van der Waals surface area (Å²) in [6, 6.07) is 6.13. The van der Waals surface area contributed by atoms with E-state index in [-0.39, 0.29) is 24.0 Å². The van der Waals surface area contributed by atoms with E-state index in [1.165, 1.54) is 12.1 Å². The van der Waals surface area contributed by atoms with E-state index in [4.69, 9.17) is 4.74 Å². The lowest BCUT2D eigenvalue weighted by atomic mass is 9.92. The average molecular weight is 319 g/mol. The summed E-state index contributed by atoms with van der Waals surface area (Å²) in [5.74, 6) is 1.35. The molecule has 2 aliphatic heterocycles. The molecule has 7 nitrogen and oxygen atoms in total. The molecule has 2 aliphatic rings. The summed E-state index contributed by atoms with van der Waals surface area (Å²) in [6.07, 6.45) is 2.02. The van der Waals surface area contributed by atoms with Gasteiger partial charge in [0, 0.05) is 19.2 Å². The fraction of sp³-hybridized carbons (Fsp3) is 0.562. The lowest BCUT2D eigenvalue weighted by molar-refractivity contribution is -0.385. The van der Waals surface area contributed by atoms with Gasteiger partial charge >= 0.3 is 5.69 Å². The molecule has 0 aliphatic carbocycles. The number of hydrogen-bond acceptors (Lipinski definition) is 5. The number of benzene rings is 1. The molecule has 124 valence electrons. The minimum atomic E-state index is -0.500. The van der Waals surface area contributed by atoms with Crippen molar-refractivity contribution in [3.05, 3.63) is 34.4 Å². The largest absolute Gasteiger partial charge is 0.477 e. The topological polar surface area (TPSA) is 84.7 Å². The van der Waals surface area contributed by atoms with Crippen LogP contribution in [0.3, 0.4) is 0 Å². The summed E-state index contributed by atoms with van der Waals surface area (Å²) in [5, 5.41) is 14.4. The summed E-state index contributed by atoms with van der Waals surface area (Å²) in [7, 11) is 0. The number of nitro benzene ring substituents is 1. The van der Waals surface area contributed by atoms with E-state index in [1.807, 2.05) is 4.90 Å². The lowest BCUT2D eigenvalue weighted by Crippen LogP contribution is -2.36. The van der Waals surface area contributed by atoms with Crippen LogP contribution in [0.5, 0.6) is 5.75 Å². The van der Waals surface area contributed by atoms with E-state index >= 15 is 0 Å².